The fourth-order valence-corrected chi connectivity index (χ4v) is 1.95. The van der Waals surface area contributed by atoms with E-state index in [4.69, 9.17) is 4.74 Å². The van der Waals surface area contributed by atoms with Gasteiger partial charge < -0.3 is 9.64 Å². The highest BCUT2D eigenvalue weighted by molar-refractivity contribution is 5.95. The first-order chi connectivity index (χ1) is 9.02. The molecule has 1 unspecified atom stereocenters. The van der Waals surface area contributed by atoms with E-state index in [0.717, 1.165) is 17.8 Å². The molecule has 1 atom stereocenters. The molecule has 0 spiro atoms. The Morgan fingerprint density at radius 2 is 2.11 bits per heavy atom. The molecule has 106 valence electrons. The molecular weight excluding hydrogens is 240 g/mol. The summed E-state index contributed by atoms with van der Waals surface area (Å²) in [5.41, 5.74) is 1.67. The molecule has 0 radical (unpaired) electrons. The summed E-state index contributed by atoms with van der Waals surface area (Å²) in [5.74, 6) is 0.0943. The number of nitrogens with zero attached hydrogens (tertiary/aromatic N) is 2. The van der Waals surface area contributed by atoms with Crippen LogP contribution in [0.4, 0.5) is 5.69 Å². The van der Waals surface area contributed by atoms with Gasteiger partial charge in [0, 0.05) is 25.8 Å². The summed E-state index contributed by atoms with van der Waals surface area (Å²) in [7, 11) is 1.65. The normalized spacial score (nSPS) is 12.5. The largest absolute Gasteiger partial charge is 0.375 e. The summed E-state index contributed by atoms with van der Waals surface area (Å²) in [6.07, 6.45) is 2.52. The Labute approximate surface area is 115 Å². The second-order valence-corrected chi connectivity index (χ2v) is 4.93. The fraction of sp³-hybridized carbons (Fsp3) is 0.600. The molecule has 0 bridgehead atoms. The molecule has 19 heavy (non-hydrogen) atoms. The zero-order valence-corrected chi connectivity index (χ0v) is 12.5. The van der Waals surface area contributed by atoms with Crippen LogP contribution in [0.3, 0.4) is 0 Å². The molecule has 1 aromatic rings. The van der Waals surface area contributed by atoms with Crippen molar-refractivity contribution >= 4 is 11.6 Å². The molecule has 0 aliphatic carbocycles. The topological polar surface area (TPSA) is 42.4 Å². The van der Waals surface area contributed by atoms with E-state index in [-0.39, 0.29) is 17.9 Å². The Morgan fingerprint density at radius 3 is 2.63 bits per heavy atom. The third-order valence-electron chi connectivity index (χ3n) is 3.05. The Bertz CT molecular complexity index is 418. The van der Waals surface area contributed by atoms with Gasteiger partial charge in [-0.2, -0.15) is 0 Å². The minimum atomic E-state index is -0.129. The van der Waals surface area contributed by atoms with Crippen LogP contribution in [0.25, 0.3) is 0 Å². The van der Waals surface area contributed by atoms with Crippen molar-refractivity contribution in [2.45, 2.75) is 40.2 Å². The van der Waals surface area contributed by atoms with E-state index in [2.05, 4.69) is 11.9 Å². The molecule has 0 saturated heterocycles. The number of carbonyl (C=O) groups is 1. The first-order valence-corrected chi connectivity index (χ1v) is 6.82. The van der Waals surface area contributed by atoms with Crippen molar-refractivity contribution in [3.63, 3.8) is 0 Å². The highest BCUT2D eigenvalue weighted by Crippen LogP contribution is 2.27. The third kappa shape index (κ3) is 3.77. The second kappa shape index (κ2) is 7.24. The van der Waals surface area contributed by atoms with Crippen LogP contribution in [0.15, 0.2) is 18.3 Å². The van der Waals surface area contributed by atoms with Crippen molar-refractivity contribution in [1.82, 2.24) is 4.98 Å². The van der Waals surface area contributed by atoms with Gasteiger partial charge in [0.25, 0.3) is 0 Å². The maximum atomic E-state index is 12.4. The SMILES string of the molecule is CCCN(C(=O)C(C)C)c1cccnc1C(C)OC. The van der Waals surface area contributed by atoms with E-state index in [1.165, 1.54) is 0 Å². The summed E-state index contributed by atoms with van der Waals surface area (Å²) in [5, 5.41) is 0. The third-order valence-corrected chi connectivity index (χ3v) is 3.05. The first kappa shape index (κ1) is 15.6. The van der Waals surface area contributed by atoms with Gasteiger partial charge in [0.2, 0.25) is 5.91 Å². The van der Waals surface area contributed by atoms with E-state index in [1.54, 1.807) is 13.3 Å². The average Bonchev–Trinajstić information content (AvgIpc) is 2.43. The molecule has 4 nitrogen and oxygen atoms in total. The van der Waals surface area contributed by atoms with E-state index in [1.807, 2.05) is 37.8 Å². The number of pyridine rings is 1. The van der Waals surface area contributed by atoms with Gasteiger partial charge in [-0.25, -0.2) is 0 Å². The highest BCUT2D eigenvalue weighted by Gasteiger charge is 2.23. The number of hydrogen-bond donors (Lipinski definition) is 0. The van der Waals surface area contributed by atoms with E-state index in [9.17, 15) is 4.79 Å². The van der Waals surface area contributed by atoms with E-state index < -0.39 is 0 Å². The lowest BCUT2D eigenvalue weighted by molar-refractivity contribution is -0.121. The molecule has 1 aromatic heterocycles. The summed E-state index contributed by atoms with van der Waals surface area (Å²) < 4.78 is 5.34. The zero-order chi connectivity index (χ0) is 14.4. The van der Waals surface area contributed by atoms with Gasteiger partial charge in [0.05, 0.1) is 17.5 Å². The van der Waals surface area contributed by atoms with Gasteiger partial charge in [-0.3, -0.25) is 9.78 Å². The van der Waals surface area contributed by atoms with Crippen LogP contribution in [0.1, 0.15) is 45.9 Å². The molecule has 1 rings (SSSR count). The van der Waals surface area contributed by atoms with Gasteiger partial charge in [0.15, 0.2) is 0 Å². The zero-order valence-electron chi connectivity index (χ0n) is 12.5. The maximum absolute atomic E-state index is 12.4. The van der Waals surface area contributed by atoms with Crippen molar-refractivity contribution in [3.8, 4) is 0 Å². The Balaban J connectivity index is 3.19. The van der Waals surface area contributed by atoms with Crippen LogP contribution in [-0.4, -0.2) is 24.5 Å². The van der Waals surface area contributed by atoms with Crippen molar-refractivity contribution in [1.29, 1.82) is 0 Å². The molecule has 0 aliphatic rings. The van der Waals surface area contributed by atoms with Gasteiger partial charge in [-0.1, -0.05) is 20.8 Å². The minimum Gasteiger partial charge on any atom is -0.375 e. The monoisotopic (exact) mass is 264 g/mol. The van der Waals surface area contributed by atoms with Crippen molar-refractivity contribution in [3.05, 3.63) is 24.0 Å². The van der Waals surface area contributed by atoms with Gasteiger partial charge >= 0.3 is 0 Å². The number of ether oxygens (including phenoxy) is 1. The van der Waals surface area contributed by atoms with Crippen LogP contribution in [0.2, 0.25) is 0 Å². The number of hydrogen-bond acceptors (Lipinski definition) is 3. The Morgan fingerprint density at radius 1 is 1.42 bits per heavy atom. The van der Waals surface area contributed by atoms with Crippen LogP contribution in [-0.2, 0) is 9.53 Å². The Kier molecular flexibility index (Phi) is 5.96. The number of amides is 1. The maximum Gasteiger partial charge on any atom is 0.229 e. The molecule has 0 aliphatic heterocycles. The molecular formula is C15H24N2O2. The predicted molar refractivity (Wildman–Crippen MR) is 77.1 cm³/mol. The number of methoxy groups -OCH3 is 1. The fourth-order valence-electron chi connectivity index (χ4n) is 1.95. The average molecular weight is 264 g/mol. The van der Waals surface area contributed by atoms with Crippen molar-refractivity contribution < 1.29 is 9.53 Å². The van der Waals surface area contributed by atoms with Crippen LogP contribution < -0.4 is 4.90 Å². The molecule has 0 saturated carbocycles. The summed E-state index contributed by atoms with van der Waals surface area (Å²) in [4.78, 5) is 18.6. The lowest BCUT2D eigenvalue weighted by atomic mass is 10.1. The smallest absolute Gasteiger partial charge is 0.229 e. The summed E-state index contributed by atoms with van der Waals surface area (Å²) in [6, 6.07) is 3.80. The van der Waals surface area contributed by atoms with E-state index in [0.29, 0.717) is 6.54 Å². The van der Waals surface area contributed by atoms with Crippen LogP contribution in [0.5, 0.6) is 0 Å². The standard InChI is InChI=1S/C15H24N2O2/c1-6-10-17(15(18)11(2)3)13-8-7-9-16-14(13)12(4)19-5/h7-9,11-12H,6,10H2,1-5H3. The number of anilines is 1. The molecule has 0 N–H and O–H groups in total. The van der Waals surface area contributed by atoms with Crippen LogP contribution in [0, 0.1) is 5.92 Å². The Hall–Kier alpha value is -1.42. The van der Waals surface area contributed by atoms with E-state index >= 15 is 0 Å². The van der Waals surface area contributed by atoms with Crippen molar-refractivity contribution in [2.24, 2.45) is 5.92 Å². The van der Waals surface area contributed by atoms with Gasteiger partial charge in [0.1, 0.15) is 0 Å². The molecule has 1 heterocycles. The summed E-state index contributed by atoms with van der Waals surface area (Å²) >= 11 is 0. The molecule has 0 fully saturated rings. The lowest BCUT2D eigenvalue weighted by Gasteiger charge is -2.27. The number of carbonyl (C=O) groups excluding carboxylic acids is 1. The quantitative estimate of drug-likeness (QED) is 0.792. The second-order valence-electron chi connectivity index (χ2n) is 4.93. The highest BCUT2D eigenvalue weighted by atomic mass is 16.5. The summed E-state index contributed by atoms with van der Waals surface area (Å²) in [6.45, 7) is 8.54. The minimum absolute atomic E-state index is 0.0301. The molecule has 0 aromatic carbocycles. The predicted octanol–water partition coefficient (Wildman–Crippen LogP) is 3.19. The lowest BCUT2D eigenvalue weighted by Crippen LogP contribution is -2.36. The molecule has 4 heteroatoms. The van der Waals surface area contributed by atoms with Crippen molar-refractivity contribution in [2.75, 3.05) is 18.6 Å². The number of rotatable bonds is 6. The number of aromatic nitrogens is 1. The van der Waals surface area contributed by atoms with Gasteiger partial charge in [-0.05, 0) is 25.5 Å². The first-order valence-electron chi connectivity index (χ1n) is 6.82. The van der Waals surface area contributed by atoms with Gasteiger partial charge in [-0.15, -0.1) is 0 Å². The van der Waals surface area contributed by atoms with Crippen LogP contribution >= 0.6 is 0 Å². The molecule has 1 amide bonds.